The Morgan fingerprint density at radius 3 is 2.81 bits per heavy atom. The first kappa shape index (κ1) is 15.3. The van der Waals surface area contributed by atoms with Crippen molar-refractivity contribution >= 4 is 17.3 Å². The number of likely N-dealkylation sites (tertiary alicyclic amines) is 1. The quantitative estimate of drug-likeness (QED) is 0.646. The van der Waals surface area contributed by atoms with E-state index >= 15 is 0 Å². The number of nitrogens with zero attached hydrogens (tertiary/aromatic N) is 2. The van der Waals surface area contributed by atoms with Crippen molar-refractivity contribution in [3.8, 4) is 0 Å². The normalized spacial score (nSPS) is 18.1. The number of hydrogen-bond donors (Lipinski definition) is 1. The second-order valence-electron chi connectivity index (χ2n) is 5.58. The van der Waals surface area contributed by atoms with E-state index in [0.717, 1.165) is 18.5 Å². The van der Waals surface area contributed by atoms with Gasteiger partial charge >= 0.3 is 0 Å². The van der Waals surface area contributed by atoms with Crippen LogP contribution < -0.4 is 5.32 Å². The van der Waals surface area contributed by atoms with Crippen molar-refractivity contribution in [1.29, 1.82) is 0 Å². The largest absolute Gasteiger partial charge is 0.379 e. The molecule has 114 valence electrons. The van der Waals surface area contributed by atoms with E-state index in [9.17, 15) is 14.9 Å². The summed E-state index contributed by atoms with van der Waals surface area (Å²) in [7, 11) is 0. The minimum Gasteiger partial charge on any atom is -0.379 e. The molecule has 0 bridgehead atoms. The van der Waals surface area contributed by atoms with Gasteiger partial charge in [0, 0.05) is 37.7 Å². The number of nitro benzene ring substituents is 1. The summed E-state index contributed by atoms with van der Waals surface area (Å²) in [4.78, 5) is 24.5. The molecule has 6 heteroatoms. The molecule has 21 heavy (non-hydrogen) atoms. The average Bonchev–Trinajstić information content (AvgIpc) is 2.75. The molecule has 0 aromatic heterocycles. The van der Waals surface area contributed by atoms with Crippen LogP contribution in [-0.2, 0) is 11.3 Å². The molecular weight excluding hydrogens is 270 g/mol. The Balaban J connectivity index is 2.27. The molecule has 0 spiro atoms. The van der Waals surface area contributed by atoms with Crippen LogP contribution in [0.1, 0.15) is 32.3 Å². The number of rotatable bonds is 6. The summed E-state index contributed by atoms with van der Waals surface area (Å²) in [5.41, 5.74) is 1.41. The predicted molar refractivity (Wildman–Crippen MR) is 81.1 cm³/mol. The van der Waals surface area contributed by atoms with Crippen LogP contribution >= 0.6 is 0 Å². The molecule has 0 saturated carbocycles. The van der Waals surface area contributed by atoms with Gasteiger partial charge in [-0.2, -0.15) is 0 Å². The standard InChI is InChI=1S/C15H21N3O3/c1-3-7-16-15-12(5-4-6-13(15)18(20)21)10-17-9-11(2)8-14(17)19/h4-6,11,16H,3,7-10H2,1-2H3. The molecule has 1 aromatic rings. The van der Waals surface area contributed by atoms with Crippen LogP contribution in [0, 0.1) is 16.0 Å². The third-order valence-corrected chi connectivity index (χ3v) is 3.65. The number of carbonyl (C=O) groups is 1. The van der Waals surface area contributed by atoms with Crippen LogP contribution in [0.4, 0.5) is 11.4 Å². The SMILES string of the molecule is CCCNc1c(CN2CC(C)CC2=O)cccc1[N+](=O)[O-]. The topological polar surface area (TPSA) is 75.5 Å². The number of anilines is 1. The fourth-order valence-electron chi connectivity index (χ4n) is 2.65. The van der Waals surface area contributed by atoms with Crippen LogP contribution in [0.25, 0.3) is 0 Å². The predicted octanol–water partition coefficient (Wildman–Crippen LogP) is 2.79. The van der Waals surface area contributed by atoms with E-state index in [1.807, 2.05) is 19.9 Å². The average molecular weight is 291 g/mol. The Morgan fingerprint density at radius 1 is 1.48 bits per heavy atom. The molecule has 1 unspecified atom stereocenters. The van der Waals surface area contributed by atoms with Crippen LogP contribution in [0.15, 0.2) is 18.2 Å². The Kier molecular flexibility index (Phi) is 4.77. The summed E-state index contributed by atoms with van der Waals surface area (Å²) in [5.74, 6) is 0.471. The minimum atomic E-state index is -0.379. The van der Waals surface area contributed by atoms with E-state index < -0.39 is 0 Å². The monoisotopic (exact) mass is 291 g/mol. The molecule has 1 fully saturated rings. The summed E-state index contributed by atoms with van der Waals surface area (Å²) in [5, 5.41) is 14.3. The lowest BCUT2D eigenvalue weighted by Crippen LogP contribution is -2.25. The zero-order valence-corrected chi connectivity index (χ0v) is 12.5. The Labute approximate surface area is 124 Å². The lowest BCUT2D eigenvalue weighted by Gasteiger charge is -2.19. The van der Waals surface area contributed by atoms with Gasteiger partial charge in [-0.05, 0) is 12.3 Å². The zero-order chi connectivity index (χ0) is 15.4. The van der Waals surface area contributed by atoms with Crippen molar-refractivity contribution in [2.75, 3.05) is 18.4 Å². The Bertz CT molecular complexity index is 545. The molecule has 2 rings (SSSR count). The highest BCUT2D eigenvalue weighted by atomic mass is 16.6. The molecule has 1 amide bonds. The minimum absolute atomic E-state index is 0.0700. The van der Waals surface area contributed by atoms with Crippen molar-refractivity contribution in [3.05, 3.63) is 33.9 Å². The molecule has 6 nitrogen and oxygen atoms in total. The van der Waals surface area contributed by atoms with Gasteiger partial charge in [0.15, 0.2) is 0 Å². The third-order valence-electron chi connectivity index (χ3n) is 3.65. The smallest absolute Gasteiger partial charge is 0.292 e. The maximum absolute atomic E-state index is 11.9. The number of nitro groups is 1. The van der Waals surface area contributed by atoms with Gasteiger partial charge in [0.1, 0.15) is 5.69 Å². The Hall–Kier alpha value is -2.11. The summed E-state index contributed by atoms with van der Waals surface area (Å²) >= 11 is 0. The molecule has 1 saturated heterocycles. The van der Waals surface area contributed by atoms with Crippen molar-refractivity contribution in [3.63, 3.8) is 0 Å². The molecular formula is C15H21N3O3. The van der Waals surface area contributed by atoms with Gasteiger partial charge in [0.25, 0.3) is 5.69 Å². The van der Waals surface area contributed by atoms with Crippen molar-refractivity contribution in [1.82, 2.24) is 4.90 Å². The lowest BCUT2D eigenvalue weighted by molar-refractivity contribution is -0.384. The summed E-state index contributed by atoms with van der Waals surface area (Å²) in [6.45, 7) is 5.86. The molecule has 1 aliphatic rings. The molecule has 1 atom stereocenters. The molecule has 1 heterocycles. The van der Waals surface area contributed by atoms with E-state index in [4.69, 9.17) is 0 Å². The molecule has 0 aliphatic carbocycles. The van der Waals surface area contributed by atoms with Gasteiger partial charge in [-0.15, -0.1) is 0 Å². The van der Waals surface area contributed by atoms with Gasteiger partial charge in [0.2, 0.25) is 5.91 Å². The van der Waals surface area contributed by atoms with Crippen LogP contribution in [0.3, 0.4) is 0 Å². The molecule has 0 radical (unpaired) electrons. The highest BCUT2D eigenvalue weighted by molar-refractivity contribution is 5.79. The van der Waals surface area contributed by atoms with Gasteiger partial charge in [-0.25, -0.2) is 0 Å². The summed E-state index contributed by atoms with van der Waals surface area (Å²) < 4.78 is 0. The van der Waals surface area contributed by atoms with Gasteiger partial charge < -0.3 is 10.2 Å². The van der Waals surface area contributed by atoms with E-state index in [2.05, 4.69) is 5.32 Å². The third kappa shape index (κ3) is 3.51. The van der Waals surface area contributed by atoms with E-state index in [1.165, 1.54) is 6.07 Å². The molecule has 1 N–H and O–H groups in total. The van der Waals surface area contributed by atoms with E-state index in [1.54, 1.807) is 11.0 Å². The number of nitrogens with one attached hydrogen (secondary N) is 1. The lowest BCUT2D eigenvalue weighted by atomic mass is 10.1. The maximum Gasteiger partial charge on any atom is 0.292 e. The fraction of sp³-hybridized carbons (Fsp3) is 0.533. The number of carbonyl (C=O) groups excluding carboxylic acids is 1. The van der Waals surface area contributed by atoms with Gasteiger partial charge in [-0.1, -0.05) is 26.0 Å². The van der Waals surface area contributed by atoms with E-state index in [0.29, 0.717) is 31.1 Å². The maximum atomic E-state index is 11.9. The Morgan fingerprint density at radius 2 is 2.24 bits per heavy atom. The summed E-state index contributed by atoms with van der Waals surface area (Å²) in [6, 6.07) is 5.02. The highest BCUT2D eigenvalue weighted by Gasteiger charge is 2.28. The van der Waals surface area contributed by atoms with Gasteiger partial charge in [0.05, 0.1) is 4.92 Å². The first-order valence-electron chi connectivity index (χ1n) is 7.30. The number of amides is 1. The number of para-hydroxylation sites is 1. The fourth-order valence-corrected chi connectivity index (χ4v) is 2.65. The van der Waals surface area contributed by atoms with Crippen molar-refractivity contribution < 1.29 is 9.72 Å². The van der Waals surface area contributed by atoms with Crippen molar-refractivity contribution in [2.45, 2.75) is 33.2 Å². The van der Waals surface area contributed by atoms with Gasteiger partial charge in [-0.3, -0.25) is 14.9 Å². The molecule has 1 aliphatic heterocycles. The summed E-state index contributed by atoms with van der Waals surface area (Å²) in [6.07, 6.45) is 1.44. The van der Waals surface area contributed by atoms with Crippen molar-refractivity contribution in [2.24, 2.45) is 5.92 Å². The second-order valence-corrected chi connectivity index (χ2v) is 5.58. The second kappa shape index (κ2) is 6.56. The highest BCUT2D eigenvalue weighted by Crippen LogP contribution is 2.30. The van der Waals surface area contributed by atoms with Crippen LogP contribution in [0.2, 0.25) is 0 Å². The number of benzene rings is 1. The zero-order valence-electron chi connectivity index (χ0n) is 12.5. The van der Waals surface area contributed by atoms with Crippen LogP contribution in [0.5, 0.6) is 0 Å². The number of hydrogen-bond acceptors (Lipinski definition) is 4. The molecule has 1 aromatic carbocycles. The van der Waals surface area contributed by atoms with Crippen LogP contribution in [-0.4, -0.2) is 28.8 Å². The first-order valence-corrected chi connectivity index (χ1v) is 7.30. The van der Waals surface area contributed by atoms with E-state index in [-0.39, 0.29) is 16.5 Å². The first-order chi connectivity index (χ1) is 10.0.